The van der Waals surface area contributed by atoms with E-state index in [1.54, 1.807) is 6.07 Å². The summed E-state index contributed by atoms with van der Waals surface area (Å²) in [5, 5.41) is 3.21. The van der Waals surface area contributed by atoms with Crippen molar-refractivity contribution in [3.8, 4) is 16.9 Å². The van der Waals surface area contributed by atoms with Gasteiger partial charge in [0.05, 0.1) is 7.11 Å². The second-order valence-electron chi connectivity index (χ2n) is 4.45. The molecule has 0 saturated carbocycles. The Labute approximate surface area is 113 Å². The predicted molar refractivity (Wildman–Crippen MR) is 75.9 cm³/mol. The van der Waals surface area contributed by atoms with E-state index in [2.05, 4.69) is 18.3 Å². The van der Waals surface area contributed by atoms with Gasteiger partial charge in [-0.25, -0.2) is 4.39 Å². The lowest BCUT2D eigenvalue weighted by Gasteiger charge is -2.16. The van der Waals surface area contributed by atoms with E-state index in [0.717, 1.165) is 16.7 Å². The first-order valence-electron chi connectivity index (χ1n) is 6.27. The van der Waals surface area contributed by atoms with Crippen LogP contribution < -0.4 is 10.1 Å². The highest BCUT2D eigenvalue weighted by molar-refractivity contribution is 5.68. The molecule has 0 spiro atoms. The highest BCUT2D eigenvalue weighted by Gasteiger charge is 2.11. The molecule has 2 aromatic carbocycles. The molecule has 100 valence electrons. The molecule has 0 saturated heterocycles. The van der Waals surface area contributed by atoms with Crippen molar-refractivity contribution in [3.63, 3.8) is 0 Å². The van der Waals surface area contributed by atoms with Gasteiger partial charge >= 0.3 is 0 Å². The Bertz CT molecular complexity index is 568. The van der Waals surface area contributed by atoms with Crippen molar-refractivity contribution in [1.82, 2.24) is 5.32 Å². The predicted octanol–water partition coefficient (Wildman–Crippen LogP) is 3.78. The molecule has 2 nitrogen and oxygen atoms in total. The molecular formula is C16H18FNO. The molecule has 19 heavy (non-hydrogen) atoms. The smallest absolute Gasteiger partial charge is 0.165 e. The molecule has 1 N–H and O–H groups in total. The monoisotopic (exact) mass is 259 g/mol. The molecule has 1 unspecified atom stereocenters. The van der Waals surface area contributed by atoms with Gasteiger partial charge in [-0.2, -0.15) is 0 Å². The van der Waals surface area contributed by atoms with Crippen LogP contribution in [0.4, 0.5) is 4.39 Å². The zero-order valence-corrected chi connectivity index (χ0v) is 11.4. The van der Waals surface area contributed by atoms with Crippen LogP contribution in [-0.2, 0) is 0 Å². The van der Waals surface area contributed by atoms with Gasteiger partial charge < -0.3 is 10.1 Å². The van der Waals surface area contributed by atoms with Crippen LogP contribution in [0.5, 0.6) is 5.75 Å². The van der Waals surface area contributed by atoms with Gasteiger partial charge in [0.1, 0.15) is 0 Å². The van der Waals surface area contributed by atoms with E-state index in [1.165, 1.54) is 13.2 Å². The molecule has 0 bridgehead atoms. The minimum atomic E-state index is -0.341. The van der Waals surface area contributed by atoms with Crippen molar-refractivity contribution in [2.45, 2.75) is 13.0 Å². The van der Waals surface area contributed by atoms with Crippen LogP contribution in [-0.4, -0.2) is 14.2 Å². The Morgan fingerprint density at radius 1 is 1.16 bits per heavy atom. The molecule has 0 radical (unpaired) electrons. The van der Waals surface area contributed by atoms with Crippen molar-refractivity contribution >= 4 is 0 Å². The largest absolute Gasteiger partial charge is 0.494 e. The fourth-order valence-corrected chi connectivity index (χ4v) is 2.13. The summed E-state index contributed by atoms with van der Waals surface area (Å²) in [6, 6.07) is 13.3. The SMILES string of the molecule is CNC(C)c1ccccc1-c1ccc(OC)c(F)c1. The van der Waals surface area contributed by atoms with Crippen LogP contribution in [0, 0.1) is 5.82 Å². The van der Waals surface area contributed by atoms with Gasteiger partial charge in [0.15, 0.2) is 11.6 Å². The highest BCUT2D eigenvalue weighted by atomic mass is 19.1. The quantitative estimate of drug-likeness (QED) is 0.902. The molecular weight excluding hydrogens is 241 g/mol. The summed E-state index contributed by atoms with van der Waals surface area (Å²) in [4.78, 5) is 0. The minimum Gasteiger partial charge on any atom is -0.494 e. The lowest BCUT2D eigenvalue weighted by Crippen LogP contribution is -2.13. The Kier molecular flexibility index (Phi) is 4.17. The minimum absolute atomic E-state index is 0.210. The molecule has 0 aliphatic rings. The van der Waals surface area contributed by atoms with E-state index in [0.29, 0.717) is 0 Å². The maximum absolute atomic E-state index is 13.8. The summed E-state index contributed by atoms with van der Waals surface area (Å²) in [7, 11) is 3.38. The number of ether oxygens (including phenoxy) is 1. The molecule has 3 heteroatoms. The Morgan fingerprint density at radius 3 is 2.53 bits per heavy atom. The molecule has 2 rings (SSSR count). The summed E-state index contributed by atoms with van der Waals surface area (Å²) >= 11 is 0. The molecule has 0 fully saturated rings. The first kappa shape index (κ1) is 13.6. The molecule has 0 amide bonds. The summed E-state index contributed by atoms with van der Waals surface area (Å²) < 4.78 is 18.8. The third-order valence-corrected chi connectivity index (χ3v) is 3.32. The third-order valence-electron chi connectivity index (χ3n) is 3.32. The first-order valence-corrected chi connectivity index (χ1v) is 6.27. The van der Waals surface area contributed by atoms with E-state index in [4.69, 9.17) is 4.74 Å². The van der Waals surface area contributed by atoms with Crippen molar-refractivity contribution in [1.29, 1.82) is 0 Å². The lowest BCUT2D eigenvalue weighted by molar-refractivity contribution is 0.386. The second kappa shape index (κ2) is 5.85. The summed E-state index contributed by atoms with van der Waals surface area (Å²) in [5.74, 6) is -0.0743. The molecule has 0 aromatic heterocycles. The zero-order valence-electron chi connectivity index (χ0n) is 11.4. The van der Waals surface area contributed by atoms with Gasteiger partial charge in [-0.3, -0.25) is 0 Å². The van der Waals surface area contributed by atoms with Gasteiger partial charge in [0.2, 0.25) is 0 Å². The van der Waals surface area contributed by atoms with Crippen molar-refractivity contribution in [3.05, 3.63) is 53.8 Å². The maximum atomic E-state index is 13.8. The Hall–Kier alpha value is -1.87. The fraction of sp³-hybridized carbons (Fsp3) is 0.250. The van der Waals surface area contributed by atoms with Crippen LogP contribution in [0.1, 0.15) is 18.5 Å². The van der Waals surface area contributed by atoms with Gasteiger partial charge in [0, 0.05) is 6.04 Å². The topological polar surface area (TPSA) is 21.3 Å². The van der Waals surface area contributed by atoms with Crippen LogP contribution in [0.2, 0.25) is 0 Å². The van der Waals surface area contributed by atoms with E-state index in [-0.39, 0.29) is 17.6 Å². The number of hydrogen-bond donors (Lipinski definition) is 1. The molecule has 1 atom stereocenters. The van der Waals surface area contributed by atoms with Gasteiger partial charge in [-0.15, -0.1) is 0 Å². The molecule has 0 aliphatic heterocycles. The third kappa shape index (κ3) is 2.76. The number of rotatable bonds is 4. The van der Waals surface area contributed by atoms with Gasteiger partial charge in [-0.1, -0.05) is 30.3 Å². The molecule has 2 aromatic rings. The molecule has 0 aliphatic carbocycles. The average Bonchev–Trinajstić information content (AvgIpc) is 2.46. The van der Waals surface area contributed by atoms with Crippen molar-refractivity contribution < 1.29 is 9.13 Å². The van der Waals surface area contributed by atoms with Gasteiger partial charge in [-0.05, 0) is 42.8 Å². The van der Waals surface area contributed by atoms with E-state index >= 15 is 0 Å². The average molecular weight is 259 g/mol. The summed E-state index contributed by atoms with van der Waals surface area (Å²) in [5.41, 5.74) is 3.04. The number of methoxy groups -OCH3 is 1. The standard InChI is InChI=1S/C16H18FNO/c1-11(18-2)13-6-4-5-7-14(13)12-8-9-16(19-3)15(17)10-12/h4-11,18H,1-3H3. The second-order valence-corrected chi connectivity index (χ2v) is 4.45. The van der Waals surface area contributed by atoms with E-state index < -0.39 is 0 Å². The maximum Gasteiger partial charge on any atom is 0.165 e. The molecule has 0 heterocycles. The number of hydrogen-bond acceptors (Lipinski definition) is 2. The van der Waals surface area contributed by atoms with Gasteiger partial charge in [0.25, 0.3) is 0 Å². The van der Waals surface area contributed by atoms with Crippen LogP contribution in [0.25, 0.3) is 11.1 Å². The zero-order chi connectivity index (χ0) is 13.8. The van der Waals surface area contributed by atoms with Crippen LogP contribution in [0.3, 0.4) is 0 Å². The number of nitrogens with one attached hydrogen (secondary N) is 1. The normalized spacial score (nSPS) is 12.2. The first-order chi connectivity index (χ1) is 9.17. The van der Waals surface area contributed by atoms with Crippen LogP contribution in [0.15, 0.2) is 42.5 Å². The van der Waals surface area contributed by atoms with Crippen LogP contribution >= 0.6 is 0 Å². The van der Waals surface area contributed by atoms with E-state index in [9.17, 15) is 4.39 Å². The Morgan fingerprint density at radius 2 is 1.89 bits per heavy atom. The number of benzene rings is 2. The summed E-state index contributed by atoms with van der Waals surface area (Å²) in [6.45, 7) is 2.08. The lowest BCUT2D eigenvalue weighted by atomic mass is 9.95. The summed E-state index contributed by atoms with van der Waals surface area (Å²) in [6.07, 6.45) is 0. The Balaban J connectivity index is 2.50. The highest BCUT2D eigenvalue weighted by Crippen LogP contribution is 2.30. The van der Waals surface area contributed by atoms with E-state index in [1.807, 2.05) is 31.3 Å². The number of halogens is 1. The fourth-order valence-electron chi connectivity index (χ4n) is 2.13. The van der Waals surface area contributed by atoms with Crippen molar-refractivity contribution in [2.75, 3.05) is 14.2 Å². The van der Waals surface area contributed by atoms with Crippen molar-refractivity contribution in [2.24, 2.45) is 0 Å².